The van der Waals surface area contributed by atoms with E-state index in [0.29, 0.717) is 42.8 Å². The Hall–Kier alpha value is -2.19. The fourth-order valence-electron chi connectivity index (χ4n) is 2.93. The number of ether oxygens (including phenoxy) is 2. The lowest BCUT2D eigenvalue weighted by atomic mass is 10.2. The van der Waals surface area contributed by atoms with Gasteiger partial charge in [0.2, 0.25) is 10.0 Å². The molecule has 0 bridgehead atoms. The van der Waals surface area contributed by atoms with E-state index in [9.17, 15) is 8.42 Å². The molecule has 4 rings (SSSR count). The van der Waals surface area contributed by atoms with Crippen molar-refractivity contribution < 1.29 is 17.9 Å². The number of pyridine rings is 1. The molecule has 140 valence electrons. The summed E-state index contributed by atoms with van der Waals surface area (Å²) < 4.78 is 37.9. The van der Waals surface area contributed by atoms with E-state index < -0.39 is 10.0 Å². The quantitative estimate of drug-likeness (QED) is 0.663. The van der Waals surface area contributed by atoms with E-state index >= 15 is 0 Å². The number of fused-ring (bicyclic) bond motifs is 1. The zero-order chi connectivity index (χ0) is 18.9. The van der Waals surface area contributed by atoms with Crippen molar-refractivity contribution in [3.63, 3.8) is 0 Å². The van der Waals surface area contributed by atoms with Crippen molar-refractivity contribution in [2.24, 2.45) is 0 Å². The van der Waals surface area contributed by atoms with Gasteiger partial charge in [0, 0.05) is 29.7 Å². The van der Waals surface area contributed by atoms with Gasteiger partial charge in [0.1, 0.15) is 11.5 Å². The molecule has 8 heteroatoms. The fourth-order valence-corrected chi connectivity index (χ4v) is 4.50. The lowest BCUT2D eigenvalue weighted by Gasteiger charge is -2.26. The van der Waals surface area contributed by atoms with E-state index in [-0.39, 0.29) is 4.90 Å². The summed E-state index contributed by atoms with van der Waals surface area (Å²) in [5.74, 6) is 1.17. The minimum Gasteiger partial charge on any atom is -0.457 e. The largest absolute Gasteiger partial charge is 0.457 e. The van der Waals surface area contributed by atoms with E-state index in [4.69, 9.17) is 21.1 Å². The van der Waals surface area contributed by atoms with Crippen LogP contribution in [0.25, 0.3) is 10.9 Å². The molecule has 1 aliphatic heterocycles. The van der Waals surface area contributed by atoms with Gasteiger partial charge in [-0.05, 0) is 48.5 Å². The van der Waals surface area contributed by atoms with Crippen molar-refractivity contribution in [2.75, 3.05) is 26.3 Å². The van der Waals surface area contributed by atoms with Gasteiger partial charge in [-0.2, -0.15) is 4.31 Å². The van der Waals surface area contributed by atoms with Gasteiger partial charge in [0.25, 0.3) is 0 Å². The third kappa shape index (κ3) is 3.77. The van der Waals surface area contributed by atoms with Crippen molar-refractivity contribution in [1.82, 2.24) is 9.29 Å². The van der Waals surface area contributed by atoms with E-state index in [1.165, 1.54) is 4.31 Å². The predicted molar refractivity (Wildman–Crippen MR) is 103 cm³/mol. The summed E-state index contributed by atoms with van der Waals surface area (Å²) in [7, 11) is -3.52. The zero-order valence-corrected chi connectivity index (χ0v) is 15.9. The Morgan fingerprint density at radius 1 is 1.04 bits per heavy atom. The van der Waals surface area contributed by atoms with Crippen LogP contribution in [0, 0.1) is 0 Å². The van der Waals surface area contributed by atoms with E-state index in [1.54, 1.807) is 48.7 Å². The molecule has 2 heterocycles. The van der Waals surface area contributed by atoms with Crippen LogP contribution in [-0.2, 0) is 14.8 Å². The number of halogens is 1. The molecule has 0 spiro atoms. The molecule has 2 aromatic carbocycles. The van der Waals surface area contributed by atoms with Gasteiger partial charge < -0.3 is 9.47 Å². The number of benzene rings is 2. The average Bonchev–Trinajstić information content (AvgIpc) is 2.69. The molecular formula is C19H17ClN2O4S. The zero-order valence-electron chi connectivity index (χ0n) is 14.3. The summed E-state index contributed by atoms with van der Waals surface area (Å²) in [6.07, 6.45) is 1.64. The molecule has 1 aliphatic rings. The Kier molecular flexibility index (Phi) is 5.01. The molecule has 1 fully saturated rings. The van der Waals surface area contributed by atoms with Gasteiger partial charge in [0.05, 0.1) is 23.6 Å². The maximum atomic E-state index is 12.7. The van der Waals surface area contributed by atoms with Gasteiger partial charge in [-0.25, -0.2) is 8.42 Å². The number of sulfonamides is 1. The number of nitrogens with zero attached hydrogens (tertiary/aromatic N) is 2. The van der Waals surface area contributed by atoms with E-state index in [2.05, 4.69) is 4.98 Å². The van der Waals surface area contributed by atoms with Gasteiger partial charge in [0.15, 0.2) is 0 Å². The average molecular weight is 405 g/mol. The monoisotopic (exact) mass is 404 g/mol. The SMILES string of the molecule is O=S(=O)(c1ccc(Oc2ccnc3cc(Cl)ccc23)cc1)N1CCOCC1. The second kappa shape index (κ2) is 7.44. The molecule has 1 saturated heterocycles. The predicted octanol–water partition coefficient (Wildman–Crippen LogP) is 3.70. The van der Waals surface area contributed by atoms with Crippen LogP contribution in [0.2, 0.25) is 5.02 Å². The van der Waals surface area contributed by atoms with E-state index in [1.807, 2.05) is 6.07 Å². The maximum Gasteiger partial charge on any atom is 0.243 e. The van der Waals surface area contributed by atoms with Crippen molar-refractivity contribution in [2.45, 2.75) is 4.90 Å². The van der Waals surface area contributed by atoms with Crippen molar-refractivity contribution in [1.29, 1.82) is 0 Å². The Morgan fingerprint density at radius 2 is 1.78 bits per heavy atom. The Labute approximate surface area is 162 Å². The lowest BCUT2D eigenvalue weighted by Crippen LogP contribution is -2.40. The first-order valence-electron chi connectivity index (χ1n) is 8.44. The summed E-state index contributed by atoms with van der Waals surface area (Å²) in [5, 5.41) is 1.43. The molecule has 27 heavy (non-hydrogen) atoms. The molecule has 0 saturated carbocycles. The highest BCUT2D eigenvalue weighted by Gasteiger charge is 2.26. The van der Waals surface area contributed by atoms with Gasteiger partial charge >= 0.3 is 0 Å². The summed E-state index contributed by atoms with van der Waals surface area (Å²) in [6, 6.07) is 13.6. The van der Waals surface area contributed by atoms with Crippen molar-refractivity contribution in [3.05, 3.63) is 59.8 Å². The lowest BCUT2D eigenvalue weighted by molar-refractivity contribution is 0.0730. The molecular weight excluding hydrogens is 388 g/mol. The topological polar surface area (TPSA) is 68.7 Å². The summed E-state index contributed by atoms with van der Waals surface area (Å²) >= 11 is 6.01. The second-order valence-corrected chi connectivity index (χ2v) is 8.43. The first-order chi connectivity index (χ1) is 13.0. The molecule has 0 N–H and O–H groups in total. The van der Waals surface area contributed by atoms with Crippen LogP contribution >= 0.6 is 11.6 Å². The number of rotatable bonds is 4. The molecule has 0 amide bonds. The Morgan fingerprint density at radius 3 is 2.52 bits per heavy atom. The third-order valence-corrected chi connectivity index (χ3v) is 6.47. The molecule has 6 nitrogen and oxygen atoms in total. The first-order valence-corrected chi connectivity index (χ1v) is 10.3. The summed E-state index contributed by atoms with van der Waals surface area (Å²) in [5.41, 5.74) is 0.728. The Balaban J connectivity index is 1.58. The number of hydrogen-bond acceptors (Lipinski definition) is 5. The Bertz CT molecular complexity index is 1060. The molecule has 0 unspecified atom stereocenters. The molecule has 0 aliphatic carbocycles. The number of morpholine rings is 1. The van der Waals surface area contributed by atoms with Crippen LogP contribution < -0.4 is 4.74 Å². The second-order valence-electron chi connectivity index (χ2n) is 6.06. The minimum absolute atomic E-state index is 0.239. The summed E-state index contributed by atoms with van der Waals surface area (Å²) in [6.45, 7) is 1.57. The first kappa shape index (κ1) is 18.2. The molecule has 0 atom stereocenters. The van der Waals surface area contributed by atoms with Gasteiger partial charge in [-0.15, -0.1) is 0 Å². The molecule has 0 radical (unpaired) electrons. The van der Waals surface area contributed by atoms with Crippen LogP contribution in [0.3, 0.4) is 0 Å². The van der Waals surface area contributed by atoms with Crippen LogP contribution in [-0.4, -0.2) is 44.0 Å². The normalized spacial score (nSPS) is 15.7. The fraction of sp³-hybridized carbons (Fsp3) is 0.211. The molecule has 3 aromatic rings. The highest BCUT2D eigenvalue weighted by molar-refractivity contribution is 7.89. The highest BCUT2D eigenvalue weighted by Crippen LogP contribution is 2.31. The smallest absolute Gasteiger partial charge is 0.243 e. The maximum absolute atomic E-state index is 12.7. The minimum atomic E-state index is -3.52. The van der Waals surface area contributed by atoms with Crippen LogP contribution in [0.5, 0.6) is 11.5 Å². The van der Waals surface area contributed by atoms with E-state index in [0.717, 1.165) is 10.9 Å². The van der Waals surface area contributed by atoms with Crippen molar-refractivity contribution in [3.8, 4) is 11.5 Å². The van der Waals surface area contributed by atoms with Crippen LogP contribution in [0.1, 0.15) is 0 Å². The molecule has 1 aromatic heterocycles. The van der Waals surface area contributed by atoms with Crippen LogP contribution in [0.4, 0.5) is 0 Å². The summed E-state index contributed by atoms with van der Waals surface area (Å²) in [4.78, 5) is 4.52. The van der Waals surface area contributed by atoms with Gasteiger partial charge in [-0.1, -0.05) is 11.6 Å². The highest BCUT2D eigenvalue weighted by atomic mass is 35.5. The number of aromatic nitrogens is 1. The van der Waals surface area contributed by atoms with Crippen LogP contribution in [0.15, 0.2) is 59.6 Å². The third-order valence-electron chi connectivity index (χ3n) is 4.32. The number of hydrogen-bond donors (Lipinski definition) is 0. The van der Waals surface area contributed by atoms with Gasteiger partial charge in [-0.3, -0.25) is 4.98 Å². The standard InChI is InChI=1S/C19H17ClN2O4S/c20-14-1-6-17-18(13-14)21-8-7-19(17)26-15-2-4-16(5-3-15)27(23,24)22-9-11-25-12-10-22/h1-8,13H,9-12H2. The van der Waals surface area contributed by atoms with Crippen molar-refractivity contribution >= 4 is 32.5 Å².